The highest BCUT2D eigenvalue weighted by Crippen LogP contribution is 2.28. The fraction of sp³-hybridized carbons (Fsp3) is 0.562. The minimum absolute atomic E-state index is 0.165. The van der Waals surface area contributed by atoms with Gasteiger partial charge in [-0.2, -0.15) is 0 Å². The van der Waals surface area contributed by atoms with Gasteiger partial charge < -0.3 is 11.1 Å². The fourth-order valence-corrected chi connectivity index (χ4v) is 2.82. The van der Waals surface area contributed by atoms with Crippen molar-refractivity contribution in [2.24, 2.45) is 5.92 Å². The molecule has 0 bridgehead atoms. The lowest BCUT2D eigenvalue weighted by Crippen LogP contribution is -2.23. The zero-order valence-corrected chi connectivity index (χ0v) is 12.0. The lowest BCUT2D eigenvalue weighted by Gasteiger charge is -2.18. The summed E-state index contributed by atoms with van der Waals surface area (Å²) in [5.74, 6) is 0.335. The summed E-state index contributed by atoms with van der Waals surface area (Å²) in [6, 6.07) is 3.86. The summed E-state index contributed by atoms with van der Waals surface area (Å²) in [5, 5.41) is 3.10. The monoisotopic (exact) mass is 260 g/mol. The van der Waals surface area contributed by atoms with Crippen molar-refractivity contribution in [1.82, 2.24) is 0 Å². The highest BCUT2D eigenvalue weighted by Gasteiger charge is 2.21. The molecule has 1 aromatic rings. The highest BCUT2D eigenvalue weighted by atomic mass is 16.1. The van der Waals surface area contributed by atoms with Gasteiger partial charge in [0.25, 0.3) is 0 Å². The van der Waals surface area contributed by atoms with Crippen LogP contribution in [0.15, 0.2) is 12.1 Å². The largest absolute Gasteiger partial charge is 0.398 e. The van der Waals surface area contributed by atoms with Crippen molar-refractivity contribution < 1.29 is 4.79 Å². The molecule has 104 valence electrons. The maximum Gasteiger partial charge on any atom is 0.227 e. The first-order valence-electron chi connectivity index (χ1n) is 7.26. The molecule has 0 radical (unpaired) electrons. The maximum atomic E-state index is 12.4. The molecule has 0 unspecified atom stereocenters. The van der Waals surface area contributed by atoms with Gasteiger partial charge in [-0.15, -0.1) is 0 Å². The van der Waals surface area contributed by atoms with Gasteiger partial charge in [0.2, 0.25) is 5.91 Å². The first-order chi connectivity index (χ1) is 9.09. The molecule has 1 aliphatic rings. The van der Waals surface area contributed by atoms with Crippen LogP contribution in [0, 0.1) is 19.8 Å². The van der Waals surface area contributed by atoms with E-state index in [-0.39, 0.29) is 11.8 Å². The Bertz CT molecular complexity index is 460. The smallest absolute Gasteiger partial charge is 0.227 e. The maximum absolute atomic E-state index is 12.4. The van der Waals surface area contributed by atoms with E-state index < -0.39 is 0 Å². The Kier molecular flexibility index (Phi) is 4.46. The Morgan fingerprint density at radius 3 is 2.42 bits per heavy atom. The fourth-order valence-electron chi connectivity index (χ4n) is 2.82. The van der Waals surface area contributed by atoms with E-state index in [4.69, 9.17) is 5.73 Å². The van der Waals surface area contributed by atoms with Crippen molar-refractivity contribution in [3.05, 3.63) is 23.3 Å². The van der Waals surface area contributed by atoms with E-state index in [1.807, 2.05) is 26.0 Å². The van der Waals surface area contributed by atoms with Gasteiger partial charge in [0.05, 0.1) is 0 Å². The Hall–Kier alpha value is -1.51. The van der Waals surface area contributed by atoms with Crippen molar-refractivity contribution in [3.8, 4) is 0 Å². The van der Waals surface area contributed by atoms with Gasteiger partial charge in [-0.1, -0.05) is 31.7 Å². The standard InChI is InChI=1S/C16H24N2O/c1-11-9-10-14(17)12(2)15(11)18-16(19)13-7-5-3-4-6-8-13/h9-10,13H,3-8,17H2,1-2H3,(H,18,19). The predicted octanol–water partition coefficient (Wildman–Crippen LogP) is 3.79. The molecule has 0 saturated heterocycles. The average molecular weight is 260 g/mol. The summed E-state index contributed by atoms with van der Waals surface area (Å²) in [6.45, 7) is 3.97. The van der Waals surface area contributed by atoms with Crippen LogP contribution in [0.1, 0.15) is 49.7 Å². The number of aryl methyl sites for hydroxylation is 1. The molecule has 1 amide bonds. The molecule has 0 aliphatic heterocycles. The van der Waals surface area contributed by atoms with E-state index in [9.17, 15) is 4.79 Å². The quantitative estimate of drug-likeness (QED) is 0.628. The summed E-state index contributed by atoms with van der Waals surface area (Å²) >= 11 is 0. The minimum atomic E-state index is 0.165. The molecular weight excluding hydrogens is 236 g/mol. The zero-order valence-electron chi connectivity index (χ0n) is 12.0. The summed E-state index contributed by atoms with van der Waals surface area (Å²) < 4.78 is 0. The third-order valence-electron chi connectivity index (χ3n) is 4.19. The van der Waals surface area contributed by atoms with Gasteiger partial charge in [-0.25, -0.2) is 0 Å². The third-order valence-corrected chi connectivity index (χ3v) is 4.19. The number of nitrogen functional groups attached to an aromatic ring is 1. The van der Waals surface area contributed by atoms with Crippen LogP contribution in [0.3, 0.4) is 0 Å². The molecule has 3 heteroatoms. The molecule has 0 spiro atoms. The SMILES string of the molecule is Cc1ccc(N)c(C)c1NC(=O)C1CCCCCC1. The molecule has 1 aromatic carbocycles. The van der Waals surface area contributed by atoms with E-state index in [0.29, 0.717) is 0 Å². The molecule has 19 heavy (non-hydrogen) atoms. The van der Waals surface area contributed by atoms with Crippen LogP contribution < -0.4 is 11.1 Å². The number of carbonyl (C=O) groups is 1. The summed E-state index contributed by atoms with van der Waals surface area (Å²) in [4.78, 5) is 12.4. The summed E-state index contributed by atoms with van der Waals surface area (Å²) in [5.41, 5.74) is 9.60. The molecule has 1 aliphatic carbocycles. The van der Waals surface area contributed by atoms with Crippen LogP contribution in [-0.2, 0) is 4.79 Å². The lowest BCUT2D eigenvalue weighted by molar-refractivity contribution is -0.120. The van der Waals surface area contributed by atoms with Crippen LogP contribution in [0.2, 0.25) is 0 Å². The van der Waals surface area contributed by atoms with Crippen LogP contribution in [0.4, 0.5) is 11.4 Å². The van der Waals surface area contributed by atoms with E-state index in [2.05, 4.69) is 5.32 Å². The summed E-state index contributed by atoms with van der Waals surface area (Å²) in [6.07, 6.45) is 6.92. The van der Waals surface area contributed by atoms with Crippen molar-refractivity contribution in [2.45, 2.75) is 52.4 Å². The molecule has 3 N–H and O–H groups in total. The number of benzene rings is 1. The molecular formula is C16H24N2O. The summed E-state index contributed by atoms with van der Waals surface area (Å²) in [7, 11) is 0. The lowest BCUT2D eigenvalue weighted by atomic mass is 9.98. The van der Waals surface area contributed by atoms with Crippen LogP contribution in [0.5, 0.6) is 0 Å². The van der Waals surface area contributed by atoms with Crippen molar-refractivity contribution in [2.75, 3.05) is 11.1 Å². The van der Waals surface area contributed by atoms with Crippen molar-refractivity contribution >= 4 is 17.3 Å². The van der Waals surface area contributed by atoms with Gasteiger partial charge in [0, 0.05) is 17.3 Å². The number of amides is 1. The number of hydrogen-bond acceptors (Lipinski definition) is 2. The first-order valence-corrected chi connectivity index (χ1v) is 7.26. The molecule has 0 heterocycles. The van der Waals surface area contributed by atoms with Crippen LogP contribution in [-0.4, -0.2) is 5.91 Å². The Morgan fingerprint density at radius 2 is 1.79 bits per heavy atom. The van der Waals surface area contributed by atoms with E-state index >= 15 is 0 Å². The Balaban J connectivity index is 2.12. The zero-order chi connectivity index (χ0) is 13.8. The molecule has 0 aromatic heterocycles. The second-order valence-corrected chi connectivity index (χ2v) is 5.65. The second kappa shape index (κ2) is 6.09. The van der Waals surface area contributed by atoms with E-state index in [1.165, 1.54) is 25.7 Å². The van der Waals surface area contributed by atoms with Gasteiger partial charge in [0.15, 0.2) is 0 Å². The van der Waals surface area contributed by atoms with E-state index in [1.54, 1.807) is 0 Å². The first kappa shape index (κ1) is 13.9. The third kappa shape index (κ3) is 3.28. The van der Waals surface area contributed by atoms with E-state index in [0.717, 1.165) is 35.3 Å². The number of nitrogens with one attached hydrogen (secondary N) is 1. The molecule has 1 saturated carbocycles. The second-order valence-electron chi connectivity index (χ2n) is 5.65. The number of carbonyl (C=O) groups excluding carboxylic acids is 1. The number of rotatable bonds is 2. The molecule has 0 atom stereocenters. The predicted molar refractivity (Wildman–Crippen MR) is 80.2 cm³/mol. The molecule has 1 fully saturated rings. The number of nitrogens with two attached hydrogens (primary N) is 1. The van der Waals surface area contributed by atoms with Gasteiger partial charge in [0.1, 0.15) is 0 Å². The minimum Gasteiger partial charge on any atom is -0.398 e. The van der Waals surface area contributed by atoms with Gasteiger partial charge >= 0.3 is 0 Å². The van der Waals surface area contributed by atoms with Gasteiger partial charge in [-0.3, -0.25) is 4.79 Å². The number of anilines is 2. The van der Waals surface area contributed by atoms with Crippen LogP contribution >= 0.6 is 0 Å². The van der Waals surface area contributed by atoms with Crippen LogP contribution in [0.25, 0.3) is 0 Å². The highest BCUT2D eigenvalue weighted by molar-refractivity contribution is 5.94. The van der Waals surface area contributed by atoms with Crippen molar-refractivity contribution in [3.63, 3.8) is 0 Å². The topological polar surface area (TPSA) is 55.1 Å². The number of hydrogen-bond donors (Lipinski definition) is 2. The normalized spacial score (nSPS) is 16.9. The average Bonchev–Trinajstić information content (AvgIpc) is 2.68. The van der Waals surface area contributed by atoms with Crippen molar-refractivity contribution in [1.29, 1.82) is 0 Å². The van der Waals surface area contributed by atoms with Gasteiger partial charge in [-0.05, 0) is 43.9 Å². The Labute approximate surface area is 115 Å². The Morgan fingerprint density at radius 1 is 1.16 bits per heavy atom. The molecule has 3 nitrogen and oxygen atoms in total. The molecule has 2 rings (SSSR count).